The summed E-state index contributed by atoms with van der Waals surface area (Å²) >= 11 is 0. The van der Waals surface area contributed by atoms with E-state index in [1.165, 1.54) is 109 Å². The van der Waals surface area contributed by atoms with Crippen LogP contribution in [-0.2, 0) is 0 Å². The van der Waals surface area contributed by atoms with Gasteiger partial charge in [-0.25, -0.2) is 9.97 Å². The monoisotopic (exact) mass is 1240 g/mol. The fourth-order valence-corrected chi connectivity index (χ4v) is 16.4. The highest BCUT2D eigenvalue weighted by Crippen LogP contribution is 2.53. The van der Waals surface area contributed by atoms with Crippen molar-refractivity contribution in [2.24, 2.45) is 0 Å². The molecule has 0 unspecified atom stereocenters. The second-order valence-corrected chi connectivity index (χ2v) is 26.0. The normalized spacial score (nSPS) is 12.1. The molecule has 1 aliphatic carbocycles. The molecule has 0 saturated heterocycles. The summed E-state index contributed by atoms with van der Waals surface area (Å²) in [6, 6.07) is 124. The van der Waals surface area contributed by atoms with Crippen LogP contribution in [0.2, 0.25) is 0 Å². The van der Waals surface area contributed by atoms with E-state index in [4.69, 9.17) is 9.97 Å². The molecule has 0 aliphatic heterocycles. The number of para-hydroxylation sites is 6. The van der Waals surface area contributed by atoms with Gasteiger partial charge < -0.3 is 18.3 Å². The number of benzene rings is 15. The summed E-state index contributed by atoms with van der Waals surface area (Å²) in [5.74, 6) is 0.673. The van der Waals surface area contributed by atoms with Gasteiger partial charge in [-0.1, -0.05) is 206 Å². The van der Waals surface area contributed by atoms with Gasteiger partial charge in [-0.2, -0.15) is 0 Å². The lowest BCUT2D eigenvalue weighted by Gasteiger charge is -2.15. The molecular formula is C92H56N6. The highest BCUT2D eigenvalue weighted by molar-refractivity contribution is 6.21. The second kappa shape index (κ2) is 21.2. The van der Waals surface area contributed by atoms with Gasteiger partial charge in [-0.15, -0.1) is 0 Å². The predicted octanol–water partition coefficient (Wildman–Crippen LogP) is 24.0. The topological polar surface area (TPSA) is 45.5 Å². The van der Waals surface area contributed by atoms with E-state index in [1.807, 2.05) is 0 Å². The molecule has 0 spiro atoms. The fraction of sp³-hybridized carbons (Fsp3) is 0. The van der Waals surface area contributed by atoms with Gasteiger partial charge in [0.15, 0.2) is 5.82 Å². The third-order valence-corrected chi connectivity index (χ3v) is 20.7. The summed E-state index contributed by atoms with van der Waals surface area (Å²) in [5, 5.41) is 12.2. The summed E-state index contributed by atoms with van der Waals surface area (Å²) in [4.78, 5) is 11.4. The summed E-state index contributed by atoms with van der Waals surface area (Å²) < 4.78 is 9.59. The first-order valence-corrected chi connectivity index (χ1v) is 33.6. The van der Waals surface area contributed by atoms with Crippen molar-refractivity contribution < 1.29 is 0 Å². The van der Waals surface area contributed by atoms with Crippen molar-refractivity contribution in [2.45, 2.75) is 0 Å². The van der Waals surface area contributed by atoms with Crippen LogP contribution >= 0.6 is 0 Å². The number of hydrogen-bond acceptors (Lipinski definition) is 2. The lowest BCUT2D eigenvalue weighted by Crippen LogP contribution is -2.00. The molecule has 1 aliphatic rings. The maximum Gasteiger partial charge on any atom is 0.160 e. The van der Waals surface area contributed by atoms with Crippen LogP contribution in [0.5, 0.6) is 0 Å². The molecular weight excluding hydrogens is 1190 g/mol. The first-order chi connectivity index (χ1) is 48.6. The minimum Gasteiger partial charge on any atom is -0.309 e. The predicted molar refractivity (Wildman–Crippen MR) is 409 cm³/mol. The van der Waals surface area contributed by atoms with Crippen molar-refractivity contribution in [3.8, 4) is 101 Å². The van der Waals surface area contributed by atoms with Crippen molar-refractivity contribution in [1.29, 1.82) is 0 Å². The number of fused-ring (bicyclic) bond motifs is 15. The van der Waals surface area contributed by atoms with Crippen LogP contribution in [0.3, 0.4) is 0 Å². The Morgan fingerprint density at radius 1 is 0.184 bits per heavy atom. The van der Waals surface area contributed by atoms with Gasteiger partial charge in [0.25, 0.3) is 0 Å². The average molecular weight is 1250 g/mol. The molecule has 98 heavy (non-hydrogen) atoms. The summed E-state index contributed by atoms with van der Waals surface area (Å²) in [7, 11) is 0. The van der Waals surface area contributed by atoms with Crippen LogP contribution in [0, 0.1) is 0 Å². The van der Waals surface area contributed by atoms with E-state index in [0.717, 1.165) is 84.0 Å². The lowest BCUT2D eigenvalue weighted by molar-refractivity contribution is 1.16. The van der Waals surface area contributed by atoms with Gasteiger partial charge in [0, 0.05) is 88.1 Å². The third kappa shape index (κ3) is 8.09. The number of hydrogen-bond donors (Lipinski definition) is 0. The van der Waals surface area contributed by atoms with Gasteiger partial charge in [-0.05, 0) is 183 Å². The van der Waals surface area contributed by atoms with E-state index in [0.29, 0.717) is 5.82 Å². The van der Waals surface area contributed by atoms with Gasteiger partial charge in [0.05, 0.1) is 55.5 Å². The fourth-order valence-electron chi connectivity index (χ4n) is 16.4. The van der Waals surface area contributed by atoms with E-state index < -0.39 is 0 Å². The van der Waals surface area contributed by atoms with E-state index in [-0.39, 0.29) is 0 Å². The van der Waals surface area contributed by atoms with Crippen LogP contribution < -0.4 is 0 Å². The lowest BCUT2D eigenvalue weighted by atomic mass is 9.93. The zero-order chi connectivity index (χ0) is 64.1. The molecule has 6 nitrogen and oxygen atoms in total. The van der Waals surface area contributed by atoms with Crippen LogP contribution in [-0.4, -0.2) is 28.2 Å². The van der Waals surface area contributed by atoms with Crippen molar-refractivity contribution in [1.82, 2.24) is 28.2 Å². The molecule has 0 atom stereocenters. The first kappa shape index (κ1) is 54.3. The Hall–Kier alpha value is -13.2. The molecule has 0 saturated carbocycles. The van der Waals surface area contributed by atoms with Crippen LogP contribution in [0.1, 0.15) is 0 Å². The molecule has 0 N–H and O–H groups in total. The molecule has 5 aromatic heterocycles. The molecule has 15 aromatic carbocycles. The molecule has 0 radical (unpaired) electrons. The number of rotatable bonds is 9. The van der Waals surface area contributed by atoms with E-state index >= 15 is 0 Å². The van der Waals surface area contributed by atoms with Gasteiger partial charge in [-0.3, -0.25) is 0 Å². The Kier molecular flexibility index (Phi) is 11.7. The second-order valence-electron chi connectivity index (χ2n) is 26.0. The smallest absolute Gasteiger partial charge is 0.160 e. The summed E-state index contributed by atoms with van der Waals surface area (Å²) in [6.07, 6.45) is 0. The molecule has 454 valence electrons. The standard InChI is InChI=1S/C92H56N6/c1-4-20-57(21-5-1)68-46-47-74-88-73(68)32-19-33-75(88)91-89(74)90(63-22-18-27-67(52-63)98-83-37-17-13-31-72(83)79-56-62(43-51-87(79)98)60-41-49-85-77(54-60)70-29-11-15-35-81(70)96(85)65-25-8-3-9-26-65)93-92(94-91)58-38-44-66(45-39-58)97-82-36-16-12-30-71(82)78-55-61(42-50-86(78)97)59-40-48-84-76(53-59)69-28-10-14-34-80(69)95(84)64-23-6-2-7-24-64/h1-56H. The highest BCUT2D eigenvalue weighted by atomic mass is 15.0. The third-order valence-electron chi connectivity index (χ3n) is 20.7. The highest BCUT2D eigenvalue weighted by Gasteiger charge is 2.30. The van der Waals surface area contributed by atoms with E-state index in [9.17, 15) is 0 Å². The zero-order valence-corrected chi connectivity index (χ0v) is 53.0. The van der Waals surface area contributed by atoms with Crippen LogP contribution in [0.15, 0.2) is 340 Å². The number of aromatic nitrogens is 6. The van der Waals surface area contributed by atoms with Gasteiger partial charge >= 0.3 is 0 Å². The largest absolute Gasteiger partial charge is 0.309 e. The number of nitrogens with zero attached hydrogens (tertiary/aromatic N) is 6. The summed E-state index contributed by atoms with van der Waals surface area (Å²) in [6.45, 7) is 0. The molecule has 6 heteroatoms. The van der Waals surface area contributed by atoms with Gasteiger partial charge in [0.2, 0.25) is 0 Å². The zero-order valence-electron chi connectivity index (χ0n) is 53.0. The van der Waals surface area contributed by atoms with Crippen molar-refractivity contribution >= 4 is 98.0 Å². The van der Waals surface area contributed by atoms with Crippen molar-refractivity contribution in [3.63, 3.8) is 0 Å². The SMILES string of the molecule is c1ccc(-c2ccc3c4c(cccc24)-c2nc(-c4ccc(-n5c6ccccc6c6cc(-c7ccc8c(c7)c7ccccc7n8-c7ccccc7)ccc65)cc4)nc(-c4cccc(-n5c6ccccc6c6cc(-c7ccc8c(c7)c7ccccc7n8-c7ccccc7)ccc65)c4)c2-3)cc1. The Labute approximate surface area is 563 Å². The Balaban J connectivity index is 0.686. The molecule has 20 aromatic rings. The Bertz CT molecular complexity index is 6710. The minimum atomic E-state index is 0.673. The van der Waals surface area contributed by atoms with Crippen LogP contribution in [0.4, 0.5) is 0 Å². The van der Waals surface area contributed by atoms with Gasteiger partial charge in [0.1, 0.15) is 0 Å². The first-order valence-electron chi connectivity index (χ1n) is 33.6. The average Bonchev–Trinajstić information content (AvgIpc) is 1.54. The van der Waals surface area contributed by atoms with Crippen LogP contribution in [0.25, 0.3) is 199 Å². The van der Waals surface area contributed by atoms with E-state index in [1.54, 1.807) is 0 Å². The minimum absolute atomic E-state index is 0.673. The Morgan fingerprint density at radius 2 is 0.531 bits per heavy atom. The molecule has 21 rings (SSSR count). The maximum atomic E-state index is 5.74. The quantitative estimate of drug-likeness (QED) is 0.145. The van der Waals surface area contributed by atoms with Crippen molar-refractivity contribution in [3.05, 3.63) is 340 Å². The summed E-state index contributed by atoms with van der Waals surface area (Å²) in [5.41, 5.74) is 28.0. The van der Waals surface area contributed by atoms with Crippen molar-refractivity contribution in [2.75, 3.05) is 0 Å². The molecule has 0 amide bonds. The maximum absolute atomic E-state index is 5.74. The molecule has 0 bridgehead atoms. The molecule has 0 fully saturated rings. The Morgan fingerprint density at radius 3 is 1.01 bits per heavy atom. The molecule has 5 heterocycles. The van der Waals surface area contributed by atoms with E-state index in [2.05, 4.69) is 358 Å².